The van der Waals surface area contributed by atoms with E-state index in [4.69, 9.17) is 14.6 Å². The van der Waals surface area contributed by atoms with E-state index in [0.717, 1.165) is 6.20 Å². The highest BCUT2D eigenvalue weighted by Crippen LogP contribution is 2.23. The van der Waals surface area contributed by atoms with Gasteiger partial charge in [-0.15, -0.1) is 0 Å². The standard InChI is InChI=1S/C17H18FN3O5/c1-25-15-5-3-12-16(21-15)10(11(18)7-19-12)6-13(22)14-4-2-9(8-26-14)20-17(23)24/h3,5,7,9,14,20H,2,4,6,8H2,1H3,(H,23,24)/t9-,14+/m1/s1. The SMILES string of the molecule is COc1ccc2ncc(F)c(CC(=O)[C@@H]3CC[C@@H](NC(=O)O)CO3)c2n1. The summed E-state index contributed by atoms with van der Waals surface area (Å²) in [5, 5.41) is 11.0. The van der Waals surface area contributed by atoms with Crippen LogP contribution < -0.4 is 10.1 Å². The highest BCUT2D eigenvalue weighted by Gasteiger charge is 2.29. The van der Waals surface area contributed by atoms with Gasteiger partial charge in [0, 0.05) is 18.1 Å². The highest BCUT2D eigenvalue weighted by atomic mass is 19.1. The van der Waals surface area contributed by atoms with E-state index in [0.29, 0.717) is 24.2 Å². The van der Waals surface area contributed by atoms with Crippen molar-refractivity contribution in [3.63, 3.8) is 0 Å². The second-order valence-corrected chi connectivity index (χ2v) is 5.99. The van der Waals surface area contributed by atoms with Gasteiger partial charge in [-0.25, -0.2) is 14.2 Å². The first-order chi connectivity index (χ1) is 12.5. The van der Waals surface area contributed by atoms with Gasteiger partial charge < -0.3 is 19.9 Å². The lowest BCUT2D eigenvalue weighted by molar-refractivity contribution is -0.133. The maximum absolute atomic E-state index is 14.3. The number of nitrogens with one attached hydrogen (secondary N) is 1. The van der Waals surface area contributed by atoms with Gasteiger partial charge in [0.2, 0.25) is 5.88 Å². The Balaban J connectivity index is 1.75. The molecule has 2 N–H and O–H groups in total. The van der Waals surface area contributed by atoms with Crippen molar-refractivity contribution in [2.24, 2.45) is 0 Å². The fraction of sp³-hybridized carbons (Fsp3) is 0.412. The van der Waals surface area contributed by atoms with Crippen molar-refractivity contribution in [1.82, 2.24) is 15.3 Å². The van der Waals surface area contributed by atoms with Crippen molar-refractivity contribution in [3.05, 3.63) is 29.7 Å². The number of fused-ring (bicyclic) bond motifs is 1. The largest absolute Gasteiger partial charge is 0.481 e. The van der Waals surface area contributed by atoms with Crippen LogP contribution in [0.2, 0.25) is 0 Å². The van der Waals surface area contributed by atoms with E-state index in [-0.39, 0.29) is 35.9 Å². The van der Waals surface area contributed by atoms with Gasteiger partial charge in [0.1, 0.15) is 11.9 Å². The predicted octanol–water partition coefficient (Wildman–Crippen LogP) is 1.70. The molecule has 0 aliphatic carbocycles. The smallest absolute Gasteiger partial charge is 0.404 e. The van der Waals surface area contributed by atoms with Crippen LogP contribution >= 0.6 is 0 Å². The number of carboxylic acid groups (broad SMARTS) is 1. The summed E-state index contributed by atoms with van der Waals surface area (Å²) in [7, 11) is 1.45. The van der Waals surface area contributed by atoms with Crippen molar-refractivity contribution in [2.45, 2.75) is 31.4 Å². The summed E-state index contributed by atoms with van der Waals surface area (Å²) in [6, 6.07) is 2.91. The molecule has 3 rings (SSSR count). The van der Waals surface area contributed by atoms with Gasteiger partial charge in [-0.2, -0.15) is 0 Å². The van der Waals surface area contributed by atoms with Crippen molar-refractivity contribution in [3.8, 4) is 5.88 Å². The lowest BCUT2D eigenvalue weighted by Gasteiger charge is -2.28. The molecule has 9 heteroatoms. The molecule has 1 saturated heterocycles. The molecule has 0 unspecified atom stereocenters. The monoisotopic (exact) mass is 363 g/mol. The van der Waals surface area contributed by atoms with Crippen LogP contribution in [0.4, 0.5) is 9.18 Å². The van der Waals surface area contributed by atoms with Gasteiger partial charge in [0.15, 0.2) is 5.78 Å². The maximum atomic E-state index is 14.3. The average Bonchev–Trinajstić information content (AvgIpc) is 2.63. The Hall–Kier alpha value is -2.81. The number of hydrogen-bond acceptors (Lipinski definition) is 6. The molecule has 1 aliphatic heterocycles. The zero-order valence-corrected chi connectivity index (χ0v) is 14.1. The molecule has 26 heavy (non-hydrogen) atoms. The van der Waals surface area contributed by atoms with Crippen LogP contribution in [0.15, 0.2) is 18.3 Å². The maximum Gasteiger partial charge on any atom is 0.404 e. The van der Waals surface area contributed by atoms with Crippen molar-refractivity contribution in [2.75, 3.05) is 13.7 Å². The molecule has 0 radical (unpaired) electrons. The molecular weight excluding hydrogens is 345 g/mol. The molecule has 1 fully saturated rings. The quantitative estimate of drug-likeness (QED) is 0.832. The zero-order valence-electron chi connectivity index (χ0n) is 14.1. The van der Waals surface area contributed by atoms with E-state index in [2.05, 4.69) is 15.3 Å². The number of ether oxygens (including phenoxy) is 2. The van der Waals surface area contributed by atoms with E-state index >= 15 is 0 Å². The van der Waals surface area contributed by atoms with E-state index in [1.807, 2.05) is 0 Å². The number of halogens is 1. The molecule has 3 heterocycles. The Labute approximate surface area is 148 Å². The van der Waals surface area contributed by atoms with E-state index in [1.54, 1.807) is 12.1 Å². The van der Waals surface area contributed by atoms with Crippen LogP contribution in [-0.4, -0.2) is 52.8 Å². The predicted molar refractivity (Wildman–Crippen MR) is 88.7 cm³/mol. The van der Waals surface area contributed by atoms with Gasteiger partial charge in [-0.05, 0) is 18.9 Å². The number of Topliss-reactive ketones (excluding diaryl/α,β-unsaturated/α-hetero) is 1. The normalized spacial score (nSPS) is 19.9. The van der Waals surface area contributed by atoms with Gasteiger partial charge in [0.05, 0.1) is 37.0 Å². The fourth-order valence-electron chi connectivity index (χ4n) is 2.94. The Morgan fingerprint density at radius 3 is 2.88 bits per heavy atom. The number of methoxy groups -OCH3 is 1. The van der Waals surface area contributed by atoms with Crippen LogP contribution in [0, 0.1) is 5.82 Å². The van der Waals surface area contributed by atoms with Gasteiger partial charge >= 0.3 is 6.09 Å². The first-order valence-corrected chi connectivity index (χ1v) is 8.10. The summed E-state index contributed by atoms with van der Waals surface area (Å²) in [5.41, 5.74) is 0.887. The minimum atomic E-state index is -1.13. The molecule has 138 valence electrons. The minimum absolute atomic E-state index is 0.106. The molecule has 2 aromatic heterocycles. The van der Waals surface area contributed by atoms with Gasteiger partial charge in [-0.1, -0.05) is 0 Å². The lowest BCUT2D eigenvalue weighted by atomic mass is 9.97. The summed E-state index contributed by atoms with van der Waals surface area (Å²) in [6.07, 6.45) is -0.108. The van der Waals surface area contributed by atoms with Crippen molar-refractivity contribution >= 4 is 22.9 Å². The Morgan fingerprint density at radius 1 is 1.42 bits per heavy atom. The number of pyridine rings is 2. The Morgan fingerprint density at radius 2 is 2.23 bits per heavy atom. The summed E-state index contributed by atoms with van der Waals surface area (Å²) in [6.45, 7) is 0.106. The van der Waals surface area contributed by atoms with Crippen LogP contribution in [0.1, 0.15) is 18.4 Å². The second kappa shape index (κ2) is 7.61. The first-order valence-electron chi connectivity index (χ1n) is 8.10. The number of hydrogen-bond donors (Lipinski definition) is 2. The molecule has 2 aromatic rings. The molecule has 1 aliphatic rings. The fourth-order valence-corrected chi connectivity index (χ4v) is 2.94. The molecule has 0 spiro atoms. The lowest BCUT2D eigenvalue weighted by Crippen LogP contribution is -2.44. The van der Waals surface area contributed by atoms with Crippen LogP contribution in [0.5, 0.6) is 5.88 Å². The molecule has 0 aromatic carbocycles. The third kappa shape index (κ3) is 3.88. The minimum Gasteiger partial charge on any atom is -0.481 e. The summed E-state index contributed by atoms with van der Waals surface area (Å²) >= 11 is 0. The number of carbonyl (C=O) groups is 2. The van der Waals surface area contributed by atoms with E-state index < -0.39 is 18.0 Å². The number of amides is 1. The average molecular weight is 363 g/mol. The molecule has 0 saturated carbocycles. The topological polar surface area (TPSA) is 111 Å². The van der Waals surface area contributed by atoms with Crippen molar-refractivity contribution < 1.29 is 28.6 Å². The first kappa shape index (κ1) is 18.0. The second-order valence-electron chi connectivity index (χ2n) is 5.99. The van der Waals surface area contributed by atoms with E-state index in [1.165, 1.54) is 7.11 Å². The summed E-state index contributed by atoms with van der Waals surface area (Å²) in [5.74, 6) is -0.599. The van der Waals surface area contributed by atoms with Crippen LogP contribution in [0.25, 0.3) is 11.0 Å². The number of nitrogens with zero attached hydrogens (tertiary/aromatic N) is 2. The number of aromatic nitrogens is 2. The van der Waals surface area contributed by atoms with Gasteiger partial charge in [0.25, 0.3) is 0 Å². The number of rotatable bonds is 5. The van der Waals surface area contributed by atoms with E-state index in [9.17, 15) is 14.0 Å². The molecule has 0 bridgehead atoms. The third-order valence-corrected chi connectivity index (χ3v) is 4.26. The zero-order chi connectivity index (χ0) is 18.7. The molecule has 1 amide bonds. The van der Waals surface area contributed by atoms with Crippen LogP contribution in [-0.2, 0) is 16.0 Å². The highest BCUT2D eigenvalue weighted by molar-refractivity contribution is 5.89. The summed E-state index contributed by atoms with van der Waals surface area (Å²) < 4.78 is 24.8. The van der Waals surface area contributed by atoms with Crippen LogP contribution in [0.3, 0.4) is 0 Å². The number of carbonyl (C=O) groups excluding carboxylic acids is 1. The van der Waals surface area contributed by atoms with Crippen molar-refractivity contribution in [1.29, 1.82) is 0 Å². The van der Waals surface area contributed by atoms with Gasteiger partial charge in [-0.3, -0.25) is 9.78 Å². The summed E-state index contributed by atoms with van der Waals surface area (Å²) in [4.78, 5) is 31.4. The molecule has 8 nitrogen and oxygen atoms in total. The Bertz CT molecular complexity index is 837. The third-order valence-electron chi connectivity index (χ3n) is 4.26. The molecular formula is C17H18FN3O5. The molecule has 2 atom stereocenters. The number of ketones is 1. The Kier molecular flexibility index (Phi) is 5.27.